The lowest BCUT2D eigenvalue weighted by Gasteiger charge is -2.02. The van der Waals surface area contributed by atoms with E-state index in [1.54, 1.807) is 6.07 Å². The van der Waals surface area contributed by atoms with Gasteiger partial charge in [-0.15, -0.1) is 0 Å². The molecule has 78 valence electrons. The second-order valence-corrected chi connectivity index (χ2v) is 4.30. The number of hydrogen-bond acceptors (Lipinski definition) is 2. The number of furan rings is 1. The maximum Gasteiger partial charge on any atom is 0.134 e. The van der Waals surface area contributed by atoms with Crippen molar-refractivity contribution in [2.45, 2.75) is 13.5 Å². The SMILES string of the molecule is Cc1ccc(Br)cc1-c1ccc(CO)o1. The molecule has 3 heteroatoms. The lowest BCUT2D eigenvalue weighted by molar-refractivity contribution is 0.248. The summed E-state index contributed by atoms with van der Waals surface area (Å²) in [5.41, 5.74) is 2.20. The van der Waals surface area contributed by atoms with E-state index in [-0.39, 0.29) is 6.61 Å². The number of halogens is 1. The zero-order valence-corrected chi connectivity index (χ0v) is 9.91. The second kappa shape index (κ2) is 4.21. The van der Waals surface area contributed by atoms with Crippen molar-refractivity contribution < 1.29 is 9.52 Å². The molecule has 0 aliphatic rings. The first kappa shape index (κ1) is 10.5. The molecule has 1 heterocycles. The summed E-state index contributed by atoms with van der Waals surface area (Å²) in [7, 11) is 0. The van der Waals surface area contributed by atoms with Gasteiger partial charge in [-0.1, -0.05) is 22.0 Å². The molecule has 0 unspecified atom stereocenters. The molecular weight excluding hydrogens is 256 g/mol. The Morgan fingerprint density at radius 2 is 2.07 bits per heavy atom. The summed E-state index contributed by atoms with van der Waals surface area (Å²) in [6.45, 7) is 1.97. The fourth-order valence-electron chi connectivity index (χ4n) is 1.47. The molecule has 0 amide bonds. The first-order valence-electron chi connectivity index (χ1n) is 4.67. The van der Waals surface area contributed by atoms with Gasteiger partial charge in [0.15, 0.2) is 0 Å². The summed E-state index contributed by atoms with van der Waals surface area (Å²) < 4.78 is 6.50. The van der Waals surface area contributed by atoms with Crippen LogP contribution in [0.1, 0.15) is 11.3 Å². The van der Waals surface area contributed by atoms with Crippen LogP contribution in [0, 0.1) is 6.92 Å². The van der Waals surface area contributed by atoms with Crippen LogP contribution < -0.4 is 0 Å². The van der Waals surface area contributed by atoms with Gasteiger partial charge in [0.1, 0.15) is 18.1 Å². The molecule has 2 aromatic rings. The zero-order chi connectivity index (χ0) is 10.8. The Balaban J connectivity index is 2.48. The minimum absolute atomic E-state index is 0.0624. The Morgan fingerprint density at radius 3 is 2.73 bits per heavy atom. The number of aliphatic hydroxyl groups is 1. The maximum absolute atomic E-state index is 8.92. The smallest absolute Gasteiger partial charge is 0.134 e. The Morgan fingerprint density at radius 1 is 1.27 bits per heavy atom. The van der Waals surface area contributed by atoms with E-state index in [2.05, 4.69) is 15.9 Å². The third-order valence-corrected chi connectivity index (χ3v) is 2.78. The quantitative estimate of drug-likeness (QED) is 0.903. The summed E-state index contributed by atoms with van der Waals surface area (Å²) >= 11 is 3.43. The van der Waals surface area contributed by atoms with E-state index >= 15 is 0 Å². The Bertz CT molecular complexity index is 474. The Hall–Kier alpha value is -1.06. The Kier molecular flexibility index (Phi) is 2.93. The number of aryl methyl sites for hydroxylation is 1. The molecule has 1 aromatic heterocycles. The van der Waals surface area contributed by atoms with Crippen molar-refractivity contribution in [3.63, 3.8) is 0 Å². The molecule has 2 nitrogen and oxygen atoms in total. The number of rotatable bonds is 2. The van der Waals surface area contributed by atoms with Crippen molar-refractivity contribution in [1.29, 1.82) is 0 Å². The molecule has 0 saturated heterocycles. The number of hydrogen-bond donors (Lipinski definition) is 1. The molecule has 0 aliphatic heterocycles. The van der Waals surface area contributed by atoms with Crippen LogP contribution in [0.15, 0.2) is 39.2 Å². The van der Waals surface area contributed by atoms with Gasteiger partial charge in [0, 0.05) is 10.0 Å². The van der Waals surface area contributed by atoms with Crippen molar-refractivity contribution in [3.8, 4) is 11.3 Å². The standard InChI is InChI=1S/C12H11BrO2/c1-8-2-3-9(13)6-11(8)12-5-4-10(7-14)15-12/h2-6,14H,7H2,1H3. The average molecular weight is 267 g/mol. The minimum Gasteiger partial charge on any atom is -0.459 e. The van der Waals surface area contributed by atoms with E-state index in [0.29, 0.717) is 5.76 Å². The molecule has 1 N–H and O–H groups in total. The highest BCUT2D eigenvalue weighted by atomic mass is 79.9. The van der Waals surface area contributed by atoms with Crippen LogP contribution in [0.2, 0.25) is 0 Å². The fourth-order valence-corrected chi connectivity index (χ4v) is 1.83. The maximum atomic E-state index is 8.92. The van der Waals surface area contributed by atoms with Crippen LogP contribution in [0.3, 0.4) is 0 Å². The van der Waals surface area contributed by atoms with Crippen molar-refractivity contribution in [1.82, 2.24) is 0 Å². The Labute approximate surface area is 96.7 Å². The highest BCUT2D eigenvalue weighted by molar-refractivity contribution is 9.10. The predicted molar refractivity (Wildman–Crippen MR) is 62.5 cm³/mol. The monoisotopic (exact) mass is 266 g/mol. The van der Waals surface area contributed by atoms with Crippen LogP contribution in [0.5, 0.6) is 0 Å². The first-order valence-corrected chi connectivity index (χ1v) is 5.46. The molecule has 0 radical (unpaired) electrons. The van der Waals surface area contributed by atoms with Gasteiger partial charge in [-0.05, 0) is 36.8 Å². The second-order valence-electron chi connectivity index (χ2n) is 3.38. The van der Waals surface area contributed by atoms with Crippen molar-refractivity contribution in [2.75, 3.05) is 0 Å². The third kappa shape index (κ3) is 2.13. The van der Waals surface area contributed by atoms with Crippen LogP contribution in [-0.4, -0.2) is 5.11 Å². The summed E-state index contributed by atoms with van der Waals surface area (Å²) in [6, 6.07) is 9.70. The molecule has 0 bridgehead atoms. The van der Waals surface area contributed by atoms with Crippen LogP contribution in [-0.2, 0) is 6.61 Å². The van der Waals surface area contributed by atoms with Gasteiger partial charge in [0.05, 0.1) is 0 Å². The van der Waals surface area contributed by atoms with Crippen LogP contribution in [0.4, 0.5) is 0 Å². The van der Waals surface area contributed by atoms with E-state index < -0.39 is 0 Å². The van der Waals surface area contributed by atoms with E-state index in [4.69, 9.17) is 9.52 Å². The van der Waals surface area contributed by atoms with Gasteiger partial charge < -0.3 is 9.52 Å². The van der Waals surface area contributed by atoms with Gasteiger partial charge in [0.2, 0.25) is 0 Å². The highest BCUT2D eigenvalue weighted by Gasteiger charge is 2.07. The van der Waals surface area contributed by atoms with E-state index in [9.17, 15) is 0 Å². The first-order chi connectivity index (χ1) is 7.20. The van der Waals surface area contributed by atoms with E-state index in [1.165, 1.54) is 0 Å². The molecule has 0 fully saturated rings. The largest absolute Gasteiger partial charge is 0.459 e. The molecule has 0 saturated carbocycles. The van der Waals surface area contributed by atoms with Gasteiger partial charge in [-0.25, -0.2) is 0 Å². The summed E-state index contributed by atoms with van der Waals surface area (Å²) in [6.07, 6.45) is 0. The number of aliphatic hydroxyl groups excluding tert-OH is 1. The lowest BCUT2D eigenvalue weighted by atomic mass is 10.1. The van der Waals surface area contributed by atoms with Gasteiger partial charge in [-0.2, -0.15) is 0 Å². The topological polar surface area (TPSA) is 33.4 Å². The van der Waals surface area contributed by atoms with Crippen molar-refractivity contribution >= 4 is 15.9 Å². The molecule has 15 heavy (non-hydrogen) atoms. The van der Waals surface area contributed by atoms with Gasteiger partial charge >= 0.3 is 0 Å². The van der Waals surface area contributed by atoms with Crippen LogP contribution >= 0.6 is 15.9 Å². The van der Waals surface area contributed by atoms with Gasteiger partial charge in [-0.3, -0.25) is 0 Å². The molecular formula is C12H11BrO2. The molecule has 0 atom stereocenters. The zero-order valence-electron chi connectivity index (χ0n) is 8.33. The lowest BCUT2D eigenvalue weighted by Crippen LogP contribution is -1.81. The summed E-state index contributed by atoms with van der Waals surface area (Å²) in [4.78, 5) is 0. The average Bonchev–Trinajstić information content (AvgIpc) is 2.70. The van der Waals surface area contributed by atoms with E-state index in [1.807, 2.05) is 31.2 Å². The molecule has 2 rings (SSSR count). The molecule has 1 aromatic carbocycles. The predicted octanol–water partition coefficient (Wildman–Crippen LogP) is 3.51. The fraction of sp³-hybridized carbons (Fsp3) is 0.167. The minimum atomic E-state index is -0.0624. The summed E-state index contributed by atoms with van der Waals surface area (Å²) in [5, 5.41) is 8.92. The van der Waals surface area contributed by atoms with Crippen LogP contribution in [0.25, 0.3) is 11.3 Å². The molecule has 0 spiro atoms. The van der Waals surface area contributed by atoms with Gasteiger partial charge in [0.25, 0.3) is 0 Å². The third-order valence-electron chi connectivity index (χ3n) is 2.28. The van der Waals surface area contributed by atoms with E-state index in [0.717, 1.165) is 21.4 Å². The highest BCUT2D eigenvalue weighted by Crippen LogP contribution is 2.28. The van der Waals surface area contributed by atoms with Crippen molar-refractivity contribution in [3.05, 3.63) is 46.1 Å². The normalized spacial score (nSPS) is 10.6. The summed E-state index contributed by atoms with van der Waals surface area (Å²) in [5.74, 6) is 1.38. The number of benzene rings is 1. The molecule has 0 aliphatic carbocycles. The van der Waals surface area contributed by atoms with Crippen molar-refractivity contribution in [2.24, 2.45) is 0 Å².